The summed E-state index contributed by atoms with van der Waals surface area (Å²) in [6.07, 6.45) is 0. The van der Waals surface area contributed by atoms with Gasteiger partial charge in [-0.25, -0.2) is 13.1 Å². The van der Waals surface area contributed by atoms with E-state index >= 15 is 0 Å². The van der Waals surface area contributed by atoms with E-state index in [1.165, 1.54) is 0 Å². The highest BCUT2D eigenvalue weighted by molar-refractivity contribution is 14.0. The van der Waals surface area contributed by atoms with Crippen molar-refractivity contribution >= 4 is 40.0 Å². The maximum absolute atomic E-state index is 12.3. The van der Waals surface area contributed by atoms with E-state index in [1.54, 1.807) is 31.3 Å². The first-order chi connectivity index (χ1) is 12.7. The number of aliphatic imine (C=N–C) groups is 1. The lowest BCUT2D eigenvalue weighted by atomic mass is 10.1. The molecule has 1 aliphatic rings. The number of halogens is 1. The maximum atomic E-state index is 12.3. The normalized spacial score (nSPS) is 20.9. The van der Waals surface area contributed by atoms with E-state index in [-0.39, 0.29) is 35.4 Å². The third kappa shape index (κ3) is 7.16. The van der Waals surface area contributed by atoms with Crippen molar-refractivity contribution in [3.63, 3.8) is 0 Å². The molecule has 0 bridgehead atoms. The molecule has 9 heteroatoms. The largest absolute Gasteiger partial charge is 0.355 e. The van der Waals surface area contributed by atoms with Crippen LogP contribution in [0.15, 0.2) is 34.2 Å². The predicted molar refractivity (Wildman–Crippen MR) is 126 cm³/mol. The lowest BCUT2D eigenvalue weighted by Crippen LogP contribution is -2.48. The van der Waals surface area contributed by atoms with Crippen molar-refractivity contribution in [1.82, 2.24) is 20.3 Å². The molecule has 2 atom stereocenters. The van der Waals surface area contributed by atoms with Gasteiger partial charge in [0.05, 0.1) is 4.90 Å². The minimum Gasteiger partial charge on any atom is -0.355 e. The number of benzene rings is 1. The second-order valence-corrected chi connectivity index (χ2v) is 9.25. The third-order valence-electron chi connectivity index (χ3n) is 4.96. The first-order valence-electron chi connectivity index (χ1n) is 9.50. The van der Waals surface area contributed by atoms with Gasteiger partial charge in [-0.15, -0.1) is 24.0 Å². The van der Waals surface area contributed by atoms with Crippen molar-refractivity contribution in [2.75, 3.05) is 33.2 Å². The van der Waals surface area contributed by atoms with E-state index in [9.17, 15) is 8.42 Å². The smallest absolute Gasteiger partial charge is 0.240 e. The van der Waals surface area contributed by atoms with Crippen LogP contribution in [0.2, 0.25) is 0 Å². The van der Waals surface area contributed by atoms with Gasteiger partial charge in [-0.1, -0.05) is 24.6 Å². The van der Waals surface area contributed by atoms with Gasteiger partial charge in [0.15, 0.2) is 5.96 Å². The Kier molecular flexibility index (Phi) is 10.2. The standard InChI is InChI=1S/C19H33N5O2S.HI/c1-14(2)24-12-16(4)18(13-24)23-19(20-5)21-10-11-22-27(25,26)17-8-6-15(3)7-9-17;/h6-9,14,16,18,22H,10-13H2,1-5H3,(H2,20,21,23);1H. The van der Waals surface area contributed by atoms with Crippen molar-refractivity contribution in [3.8, 4) is 0 Å². The summed E-state index contributed by atoms with van der Waals surface area (Å²) >= 11 is 0. The molecule has 1 aliphatic heterocycles. The molecule has 0 aromatic heterocycles. The van der Waals surface area contributed by atoms with Gasteiger partial charge in [-0.05, 0) is 38.8 Å². The van der Waals surface area contributed by atoms with E-state index in [1.807, 2.05) is 6.92 Å². The highest BCUT2D eigenvalue weighted by Crippen LogP contribution is 2.18. The monoisotopic (exact) mass is 523 g/mol. The van der Waals surface area contributed by atoms with Gasteiger partial charge >= 0.3 is 0 Å². The molecular formula is C19H34IN5O2S. The molecule has 160 valence electrons. The van der Waals surface area contributed by atoms with Crippen LogP contribution in [0.5, 0.6) is 0 Å². The Morgan fingerprint density at radius 2 is 1.86 bits per heavy atom. The Labute approximate surface area is 186 Å². The van der Waals surface area contributed by atoms with Gasteiger partial charge in [-0.2, -0.15) is 0 Å². The summed E-state index contributed by atoms with van der Waals surface area (Å²) in [5.74, 6) is 1.23. The second-order valence-electron chi connectivity index (χ2n) is 7.49. The molecule has 0 saturated carbocycles. The molecule has 0 radical (unpaired) electrons. The second kappa shape index (κ2) is 11.3. The fraction of sp³-hybridized carbons (Fsp3) is 0.632. The van der Waals surface area contributed by atoms with Crippen LogP contribution in [-0.4, -0.2) is 64.6 Å². The Bertz CT molecular complexity index is 737. The first-order valence-corrected chi connectivity index (χ1v) is 11.0. The summed E-state index contributed by atoms with van der Waals surface area (Å²) in [7, 11) is -1.76. The zero-order valence-electron chi connectivity index (χ0n) is 17.4. The van der Waals surface area contributed by atoms with Gasteiger partial charge < -0.3 is 10.6 Å². The van der Waals surface area contributed by atoms with E-state index < -0.39 is 10.0 Å². The van der Waals surface area contributed by atoms with Gasteiger partial charge in [0, 0.05) is 45.3 Å². The number of hydrogen-bond acceptors (Lipinski definition) is 4. The zero-order valence-corrected chi connectivity index (χ0v) is 20.5. The summed E-state index contributed by atoms with van der Waals surface area (Å²) in [6, 6.07) is 7.69. The average molecular weight is 523 g/mol. The van der Waals surface area contributed by atoms with Gasteiger partial charge in [0.1, 0.15) is 0 Å². The molecule has 1 heterocycles. The van der Waals surface area contributed by atoms with Gasteiger partial charge in [0.2, 0.25) is 10.0 Å². The molecule has 1 saturated heterocycles. The minimum atomic E-state index is -3.49. The highest BCUT2D eigenvalue weighted by atomic mass is 127. The molecule has 2 rings (SSSR count). The third-order valence-corrected chi connectivity index (χ3v) is 6.43. The summed E-state index contributed by atoms with van der Waals surface area (Å²) in [6.45, 7) is 11.4. The van der Waals surface area contributed by atoms with Crippen LogP contribution in [0.3, 0.4) is 0 Å². The quantitative estimate of drug-likeness (QED) is 0.220. The zero-order chi connectivity index (χ0) is 20.0. The highest BCUT2D eigenvalue weighted by Gasteiger charge is 2.31. The fourth-order valence-electron chi connectivity index (χ4n) is 3.15. The molecular weight excluding hydrogens is 489 g/mol. The van der Waals surface area contributed by atoms with E-state index in [2.05, 4.69) is 46.0 Å². The molecule has 3 N–H and O–H groups in total. The number of rotatable bonds is 7. The van der Waals surface area contributed by atoms with Gasteiger partial charge in [0.25, 0.3) is 0 Å². The van der Waals surface area contributed by atoms with Crippen LogP contribution in [0.1, 0.15) is 26.3 Å². The summed E-state index contributed by atoms with van der Waals surface area (Å²) in [5, 5.41) is 6.64. The van der Waals surface area contributed by atoms with E-state index in [4.69, 9.17) is 0 Å². The number of nitrogens with zero attached hydrogens (tertiary/aromatic N) is 2. The topological polar surface area (TPSA) is 85.8 Å². The van der Waals surface area contributed by atoms with Crippen LogP contribution in [-0.2, 0) is 10.0 Å². The van der Waals surface area contributed by atoms with Crippen molar-refractivity contribution < 1.29 is 8.42 Å². The summed E-state index contributed by atoms with van der Waals surface area (Å²) in [4.78, 5) is 6.99. The van der Waals surface area contributed by atoms with Crippen LogP contribution < -0.4 is 15.4 Å². The number of sulfonamides is 1. The van der Waals surface area contributed by atoms with Crippen molar-refractivity contribution in [2.24, 2.45) is 10.9 Å². The number of aryl methyl sites for hydroxylation is 1. The molecule has 0 aliphatic carbocycles. The van der Waals surface area contributed by atoms with Crippen LogP contribution in [0, 0.1) is 12.8 Å². The lowest BCUT2D eigenvalue weighted by molar-refractivity contribution is 0.265. The Hall–Kier alpha value is -0.910. The number of hydrogen-bond donors (Lipinski definition) is 3. The Balaban J connectivity index is 0.00000392. The van der Waals surface area contributed by atoms with Crippen LogP contribution in [0.25, 0.3) is 0 Å². The Morgan fingerprint density at radius 1 is 1.21 bits per heavy atom. The van der Waals surface area contributed by atoms with Gasteiger partial charge in [-0.3, -0.25) is 9.89 Å². The minimum absolute atomic E-state index is 0. The van der Waals surface area contributed by atoms with Crippen molar-refractivity contribution in [1.29, 1.82) is 0 Å². The Morgan fingerprint density at radius 3 is 2.39 bits per heavy atom. The number of nitrogens with one attached hydrogen (secondary N) is 3. The van der Waals surface area contributed by atoms with Crippen LogP contribution in [0.4, 0.5) is 0 Å². The molecule has 1 aromatic carbocycles. The number of likely N-dealkylation sites (tertiary alicyclic amines) is 1. The molecule has 1 fully saturated rings. The lowest BCUT2D eigenvalue weighted by Gasteiger charge is -2.22. The maximum Gasteiger partial charge on any atom is 0.240 e. The van der Waals surface area contributed by atoms with Crippen LogP contribution >= 0.6 is 24.0 Å². The predicted octanol–water partition coefficient (Wildman–Crippen LogP) is 1.79. The molecule has 0 spiro atoms. The molecule has 7 nitrogen and oxygen atoms in total. The fourth-order valence-corrected chi connectivity index (χ4v) is 4.18. The van der Waals surface area contributed by atoms with Crippen molar-refractivity contribution in [3.05, 3.63) is 29.8 Å². The SMILES string of the molecule is CN=C(NCCNS(=O)(=O)c1ccc(C)cc1)NC1CN(C(C)C)CC1C.I. The molecule has 28 heavy (non-hydrogen) atoms. The van der Waals surface area contributed by atoms with E-state index in [0.717, 1.165) is 18.7 Å². The molecule has 1 aromatic rings. The summed E-state index contributed by atoms with van der Waals surface area (Å²) < 4.78 is 27.2. The average Bonchev–Trinajstić information content (AvgIpc) is 2.99. The molecule has 0 amide bonds. The number of guanidine groups is 1. The molecule has 2 unspecified atom stereocenters. The summed E-state index contributed by atoms with van der Waals surface area (Å²) in [5.41, 5.74) is 1.03. The van der Waals surface area contributed by atoms with E-state index in [0.29, 0.717) is 30.5 Å². The van der Waals surface area contributed by atoms with Crippen molar-refractivity contribution in [2.45, 2.75) is 44.7 Å². The first kappa shape index (κ1) is 25.1.